The van der Waals surface area contributed by atoms with Crippen LogP contribution in [0.3, 0.4) is 0 Å². The first-order valence-electron chi connectivity index (χ1n) is 20.5. The highest BCUT2D eigenvalue weighted by molar-refractivity contribution is 6.25. The number of rotatable bonds is 0. The molecule has 8 heteroatoms. The van der Waals surface area contributed by atoms with Crippen LogP contribution in [-0.2, 0) is 6.67 Å². The third-order valence-electron chi connectivity index (χ3n) is 8.21. The van der Waals surface area contributed by atoms with Crippen LogP contribution in [0.1, 0.15) is 127 Å². The van der Waals surface area contributed by atoms with E-state index in [1.54, 1.807) is 0 Å². The van der Waals surface area contributed by atoms with E-state index in [2.05, 4.69) is 57.7 Å². The van der Waals surface area contributed by atoms with Gasteiger partial charge in [-0.15, -0.1) is 0 Å². The Balaban J connectivity index is 0.000000658. The molecule has 0 aliphatic carbocycles. The summed E-state index contributed by atoms with van der Waals surface area (Å²) in [6.45, 7) is 28.4. The Hall–Kier alpha value is -5.76. The molecule has 4 aliphatic heterocycles. The zero-order valence-corrected chi connectivity index (χ0v) is 35.5. The van der Waals surface area contributed by atoms with Crippen LogP contribution in [0, 0.1) is 0 Å². The lowest BCUT2D eigenvalue weighted by atomic mass is 10.1. The number of benzene rings is 4. The quantitative estimate of drug-likeness (QED) is 0.148. The standard InChI is InChI=1S/C33H18N8.7C2H6.CH4/c1-2-10-19-18(9-1)26-34-27(19)37-31-24-15-7-8-16-25(24)33-39-29-21-12-4-3-11-20(21)28(35-29)38-32-23-14-6-5-13-22(23)30(36-26)40(32)17-41(31)33;7*1-2;/h1-16H,17H2;7*1-2H3;1H4. The van der Waals surface area contributed by atoms with Crippen LogP contribution in [0.25, 0.3) is 21.5 Å². The van der Waals surface area contributed by atoms with Crippen molar-refractivity contribution in [3.8, 4) is 0 Å². The number of amidine groups is 4. The van der Waals surface area contributed by atoms with E-state index < -0.39 is 0 Å². The molecular formula is C48H64N8. The number of hydrogen-bond donors (Lipinski definition) is 0. The lowest BCUT2D eigenvalue weighted by molar-refractivity contribution is 0.584. The lowest BCUT2D eigenvalue weighted by Crippen LogP contribution is -2.32. The molecule has 6 bridgehead atoms. The van der Waals surface area contributed by atoms with Crippen LogP contribution in [-0.4, -0.2) is 32.5 Å². The second kappa shape index (κ2) is 22.6. The molecule has 6 aromatic rings. The van der Waals surface area contributed by atoms with Crippen molar-refractivity contribution in [3.63, 3.8) is 0 Å². The van der Waals surface area contributed by atoms with Crippen molar-refractivity contribution in [2.75, 3.05) is 0 Å². The van der Waals surface area contributed by atoms with Crippen molar-refractivity contribution in [2.45, 2.75) is 111 Å². The van der Waals surface area contributed by atoms with Gasteiger partial charge in [0.15, 0.2) is 23.3 Å². The van der Waals surface area contributed by atoms with Crippen molar-refractivity contribution in [2.24, 2.45) is 30.0 Å². The number of hydrogen-bond acceptors (Lipinski definition) is 6. The highest BCUT2D eigenvalue weighted by Gasteiger charge is 2.29. The molecule has 0 N–H and O–H groups in total. The number of fused-ring (bicyclic) bond motifs is 14. The second-order valence-corrected chi connectivity index (χ2v) is 10.4. The molecule has 0 spiro atoms. The summed E-state index contributed by atoms with van der Waals surface area (Å²) in [6.07, 6.45) is 0. The number of aromatic nitrogens is 2. The number of nitrogens with zero attached hydrogens (tertiary/aromatic N) is 8. The van der Waals surface area contributed by atoms with Gasteiger partial charge in [0.25, 0.3) is 0 Å². The summed E-state index contributed by atoms with van der Waals surface area (Å²) in [5.41, 5.74) is 5.45. The van der Waals surface area contributed by atoms with Crippen molar-refractivity contribution < 1.29 is 0 Å². The molecule has 0 saturated heterocycles. The first-order valence-corrected chi connectivity index (χ1v) is 20.5. The van der Waals surface area contributed by atoms with Gasteiger partial charge in [0, 0.05) is 43.8 Å². The molecule has 0 atom stereocenters. The average molecular weight is 753 g/mol. The Labute approximate surface area is 335 Å². The summed E-state index contributed by atoms with van der Waals surface area (Å²) in [7, 11) is 0. The van der Waals surface area contributed by atoms with Gasteiger partial charge >= 0.3 is 0 Å². The molecule has 4 aromatic carbocycles. The van der Waals surface area contributed by atoms with Crippen molar-refractivity contribution in [3.05, 3.63) is 130 Å². The van der Waals surface area contributed by atoms with E-state index in [0.717, 1.165) is 66.4 Å². The maximum atomic E-state index is 5.22. The van der Waals surface area contributed by atoms with Gasteiger partial charge in [0.1, 0.15) is 29.3 Å². The molecule has 0 radical (unpaired) electrons. The Kier molecular flexibility index (Phi) is 18.7. The van der Waals surface area contributed by atoms with Crippen LogP contribution in [0.5, 0.6) is 0 Å². The Morgan fingerprint density at radius 1 is 0.321 bits per heavy atom. The SMILES string of the molecule is C.CC.CC.CC.CC.CC.CC.CC.c1ccc2c(c1)C1=NC2=Nc2c3ccccc3c3n2Cn2c(c4ccccc4c2=NC2=NC(=N3)c3ccccc32)=N1. The zero-order chi connectivity index (χ0) is 40.7. The fourth-order valence-corrected chi connectivity index (χ4v) is 6.35. The summed E-state index contributed by atoms with van der Waals surface area (Å²) in [4.78, 5) is 30.9. The minimum Gasteiger partial charge on any atom is -0.291 e. The van der Waals surface area contributed by atoms with E-state index in [1.165, 1.54) is 0 Å². The maximum Gasteiger partial charge on any atom is 0.164 e. The second-order valence-electron chi connectivity index (χ2n) is 10.4. The maximum absolute atomic E-state index is 5.22. The van der Waals surface area contributed by atoms with Gasteiger partial charge in [-0.25, -0.2) is 30.0 Å². The van der Waals surface area contributed by atoms with Gasteiger partial charge in [0.2, 0.25) is 0 Å². The summed E-state index contributed by atoms with van der Waals surface area (Å²) in [6, 6.07) is 32.9. The molecular weight excluding hydrogens is 689 g/mol. The highest BCUT2D eigenvalue weighted by Crippen LogP contribution is 2.40. The molecule has 2 aromatic heterocycles. The molecule has 4 aliphatic rings. The predicted octanol–water partition coefficient (Wildman–Crippen LogP) is 12.9. The summed E-state index contributed by atoms with van der Waals surface area (Å²) in [5.74, 6) is 4.18. The Morgan fingerprint density at radius 3 is 0.911 bits per heavy atom. The normalized spacial score (nSPS) is 12.2. The number of aliphatic imine (C=N–C) groups is 4. The minimum absolute atomic E-state index is 0. The van der Waals surface area contributed by atoms with Gasteiger partial charge in [-0.2, -0.15) is 0 Å². The van der Waals surface area contributed by atoms with Gasteiger partial charge in [0.05, 0.1) is 0 Å². The minimum atomic E-state index is 0. The average Bonchev–Trinajstić information content (AvgIpc) is 3.99. The smallest absolute Gasteiger partial charge is 0.164 e. The van der Waals surface area contributed by atoms with Crippen LogP contribution < -0.4 is 11.0 Å². The van der Waals surface area contributed by atoms with Crippen LogP contribution in [0.15, 0.2) is 127 Å². The largest absolute Gasteiger partial charge is 0.291 e. The van der Waals surface area contributed by atoms with Crippen molar-refractivity contribution in [1.82, 2.24) is 9.13 Å². The lowest BCUT2D eigenvalue weighted by Gasteiger charge is -2.12. The predicted molar refractivity (Wildman–Crippen MR) is 246 cm³/mol. The Bertz CT molecular complexity index is 2290. The molecule has 0 fully saturated rings. The van der Waals surface area contributed by atoms with E-state index in [1.807, 2.05) is 145 Å². The monoisotopic (exact) mass is 753 g/mol. The molecule has 56 heavy (non-hydrogen) atoms. The summed E-state index contributed by atoms with van der Waals surface area (Å²) >= 11 is 0. The van der Waals surface area contributed by atoms with Gasteiger partial charge in [-0.05, 0) is 0 Å². The van der Waals surface area contributed by atoms with Gasteiger partial charge in [-0.1, -0.05) is 201 Å². The van der Waals surface area contributed by atoms with Crippen molar-refractivity contribution in [1.29, 1.82) is 0 Å². The first-order chi connectivity index (χ1) is 27.3. The van der Waals surface area contributed by atoms with E-state index in [0.29, 0.717) is 30.0 Å². The topological polar surface area (TPSA) is 84.0 Å². The fourth-order valence-electron chi connectivity index (χ4n) is 6.35. The van der Waals surface area contributed by atoms with Crippen LogP contribution in [0.4, 0.5) is 11.6 Å². The first kappa shape index (κ1) is 46.4. The Morgan fingerprint density at radius 2 is 0.589 bits per heavy atom. The van der Waals surface area contributed by atoms with E-state index in [-0.39, 0.29) is 7.43 Å². The summed E-state index contributed by atoms with van der Waals surface area (Å²) < 4.78 is 4.31. The highest BCUT2D eigenvalue weighted by atomic mass is 15.3. The third kappa shape index (κ3) is 8.25. The molecule has 0 amide bonds. The molecule has 10 rings (SSSR count). The molecule has 0 unspecified atom stereocenters. The fraction of sp³-hybridized carbons (Fsp3) is 0.333. The third-order valence-corrected chi connectivity index (χ3v) is 8.21. The zero-order valence-electron chi connectivity index (χ0n) is 35.5. The molecule has 8 nitrogen and oxygen atoms in total. The molecule has 6 heterocycles. The summed E-state index contributed by atoms with van der Waals surface area (Å²) in [5, 5.41) is 4.02. The molecule has 0 saturated carbocycles. The van der Waals surface area contributed by atoms with E-state index >= 15 is 0 Å². The van der Waals surface area contributed by atoms with Crippen LogP contribution in [0.2, 0.25) is 0 Å². The van der Waals surface area contributed by atoms with E-state index in [4.69, 9.17) is 30.0 Å². The van der Waals surface area contributed by atoms with Gasteiger partial charge < -0.3 is 0 Å². The molecule has 296 valence electrons. The van der Waals surface area contributed by atoms with E-state index in [9.17, 15) is 0 Å². The van der Waals surface area contributed by atoms with Crippen LogP contribution >= 0.6 is 0 Å². The van der Waals surface area contributed by atoms with Gasteiger partial charge in [-0.3, -0.25) is 9.13 Å². The van der Waals surface area contributed by atoms with Crippen molar-refractivity contribution >= 4 is 56.5 Å².